The van der Waals surface area contributed by atoms with Gasteiger partial charge in [-0.2, -0.15) is 12.6 Å². The summed E-state index contributed by atoms with van der Waals surface area (Å²) in [7, 11) is 0. The van der Waals surface area contributed by atoms with Crippen molar-refractivity contribution in [3.8, 4) is 0 Å². The van der Waals surface area contributed by atoms with Crippen LogP contribution < -0.4 is 33.2 Å². The Morgan fingerprint density at radius 1 is 0.970 bits per heavy atom. The number of carboxylic acid groups (broad SMARTS) is 2. The molecule has 16 heteroatoms. The number of nitrogens with one attached hydrogen (secondary N) is 3. The number of amides is 3. The van der Waals surface area contributed by atoms with E-state index in [-0.39, 0.29) is 31.1 Å². The highest BCUT2D eigenvalue weighted by Crippen LogP contribution is 2.04. The second kappa shape index (κ2) is 14.9. The Kier molecular flexibility index (Phi) is 13.5. The van der Waals surface area contributed by atoms with Gasteiger partial charge in [-0.25, -0.2) is 4.79 Å². The first-order valence-electron chi connectivity index (χ1n) is 9.75. The van der Waals surface area contributed by atoms with E-state index in [9.17, 15) is 29.1 Å². The third-order valence-corrected chi connectivity index (χ3v) is 4.56. The van der Waals surface area contributed by atoms with E-state index >= 15 is 0 Å². The van der Waals surface area contributed by atoms with Gasteiger partial charge in [0.1, 0.15) is 12.1 Å². The average Bonchev–Trinajstić information content (AvgIpc) is 2.71. The van der Waals surface area contributed by atoms with Gasteiger partial charge in [0.25, 0.3) is 0 Å². The zero-order valence-electron chi connectivity index (χ0n) is 17.9. The smallest absolute Gasteiger partial charge is 0.328 e. The predicted molar refractivity (Wildman–Crippen MR) is 119 cm³/mol. The number of carboxylic acids is 2. The molecule has 5 atom stereocenters. The van der Waals surface area contributed by atoms with Crippen LogP contribution in [0.1, 0.15) is 26.2 Å². The largest absolute Gasteiger partial charge is 0.481 e. The van der Waals surface area contributed by atoms with Crippen LogP contribution in [0.3, 0.4) is 0 Å². The molecule has 0 rings (SSSR count). The topological polar surface area (TPSA) is 273 Å². The first kappa shape index (κ1) is 29.9. The van der Waals surface area contributed by atoms with E-state index in [1.807, 2.05) is 0 Å². The predicted octanol–water partition coefficient (Wildman–Crippen LogP) is -4.31. The molecular formula is C17H31N7O8S. The van der Waals surface area contributed by atoms with Gasteiger partial charge in [-0.05, 0) is 19.8 Å². The van der Waals surface area contributed by atoms with Crippen molar-refractivity contribution in [3.63, 3.8) is 0 Å². The molecule has 0 saturated carbocycles. The van der Waals surface area contributed by atoms with Crippen molar-refractivity contribution in [3.05, 3.63) is 0 Å². The Labute approximate surface area is 194 Å². The summed E-state index contributed by atoms with van der Waals surface area (Å²) in [6, 6.07) is -5.73. The van der Waals surface area contributed by atoms with Crippen molar-refractivity contribution >= 4 is 48.2 Å². The average molecular weight is 494 g/mol. The number of aliphatic carboxylic acids is 2. The monoisotopic (exact) mass is 493 g/mol. The number of hydrogen-bond acceptors (Lipinski definition) is 9. The summed E-state index contributed by atoms with van der Waals surface area (Å²) in [6.45, 7) is 1.22. The van der Waals surface area contributed by atoms with Crippen LogP contribution in [0.2, 0.25) is 0 Å². The lowest BCUT2D eigenvalue weighted by atomic mass is 10.1. The van der Waals surface area contributed by atoms with E-state index in [1.165, 1.54) is 0 Å². The molecule has 0 fully saturated rings. The fraction of sp³-hybridized carbons (Fsp3) is 0.647. The van der Waals surface area contributed by atoms with Crippen LogP contribution in [0.25, 0.3) is 0 Å². The highest BCUT2D eigenvalue weighted by Gasteiger charge is 2.32. The number of aliphatic imine (C=N–C) groups is 1. The molecule has 3 amide bonds. The molecule has 0 spiro atoms. The number of rotatable bonds is 15. The summed E-state index contributed by atoms with van der Waals surface area (Å²) < 4.78 is 0. The van der Waals surface area contributed by atoms with Crippen LogP contribution in [0, 0.1) is 0 Å². The number of hydrogen-bond donors (Lipinski definition) is 10. The van der Waals surface area contributed by atoms with E-state index in [0.717, 1.165) is 6.92 Å². The van der Waals surface area contributed by atoms with Crippen LogP contribution in [0.4, 0.5) is 0 Å². The highest BCUT2D eigenvalue weighted by molar-refractivity contribution is 7.80. The molecule has 188 valence electrons. The zero-order valence-corrected chi connectivity index (χ0v) is 18.8. The first-order chi connectivity index (χ1) is 15.3. The lowest BCUT2D eigenvalue weighted by Crippen LogP contribution is -2.58. The standard InChI is InChI=1S/C17H31N7O8S/c1-7(25)12(16(31)32)24-14(29)9(3-2-4-21-17(19)20)22-15(30)10(5-11(26)27)23-13(28)8(18)6-33/h7-10,12,25,33H,2-6,18H2,1H3,(H,22,30)(H,23,28)(H,24,29)(H,26,27)(H,31,32)(H4,19,20,21). The number of nitrogens with zero attached hydrogens (tertiary/aromatic N) is 1. The van der Waals surface area contributed by atoms with Crippen molar-refractivity contribution < 1.29 is 39.3 Å². The zero-order chi connectivity index (χ0) is 25.7. The van der Waals surface area contributed by atoms with Crippen LogP contribution in [-0.4, -0.2) is 93.5 Å². The molecule has 33 heavy (non-hydrogen) atoms. The summed E-state index contributed by atoms with van der Waals surface area (Å²) in [5.74, 6) is -6.02. The molecule has 0 aliphatic carbocycles. The van der Waals surface area contributed by atoms with E-state index < -0.39 is 66.4 Å². The molecule has 0 heterocycles. The summed E-state index contributed by atoms with van der Waals surface area (Å²) in [5, 5.41) is 34.3. The molecule has 15 nitrogen and oxygen atoms in total. The van der Waals surface area contributed by atoms with Gasteiger partial charge >= 0.3 is 11.9 Å². The van der Waals surface area contributed by atoms with Crippen molar-refractivity contribution in [2.75, 3.05) is 12.3 Å². The second-order valence-electron chi connectivity index (χ2n) is 7.02. The maximum Gasteiger partial charge on any atom is 0.328 e. The summed E-state index contributed by atoms with van der Waals surface area (Å²) in [5.41, 5.74) is 16.0. The fourth-order valence-electron chi connectivity index (χ4n) is 2.43. The third kappa shape index (κ3) is 11.9. The van der Waals surface area contributed by atoms with Gasteiger partial charge in [-0.3, -0.25) is 24.2 Å². The van der Waals surface area contributed by atoms with Crippen molar-refractivity contribution in [1.82, 2.24) is 16.0 Å². The second-order valence-corrected chi connectivity index (χ2v) is 7.39. The molecule has 0 aliphatic rings. The van der Waals surface area contributed by atoms with Crippen LogP contribution in [-0.2, 0) is 24.0 Å². The van der Waals surface area contributed by atoms with Gasteiger partial charge in [0, 0.05) is 12.3 Å². The maximum absolute atomic E-state index is 12.7. The van der Waals surface area contributed by atoms with Crippen molar-refractivity contribution in [1.29, 1.82) is 0 Å². The van der Waals surface area contributed by atoms with E-state index in [0.29, 0.717) is 0 Å². The number of nitrogens with two attached hydrogens (primary N) is 3. The maximum atomic E-state index is 12.7. The minimum atomic E-state index is -1.67. The molecule has 12 N–H and O–H groups in total. The van der Waals surface area contributed by atoms with Crippen LogP contribution >= 0.6 is 12.6 Å². The van der Waals surface area contributed by atoms with Gasteiger partial charge < -0.3 is 48.5 Å². The van der Waals surface area contributed by atoms with E-state index in [2.05, 4.69) is 33.6 Å². The summed E-state index contributed by atoms with van der Waals surface area (Å²) >= 11 is 3.86. The van der Waals surface area contributed by atoms with Crippen LogP contribution in [0.15, 0.2) is 4.99 Å². The van der Waals surface area contributed by atoms with Gasteiger partial charge in [-0.15, -0.1) is 0 Å². The Bertz CT molecular complexity index is 745. The SMILES string of the molecule is CC(O)C(NC(=O)C(CCCN=C(N)N)NC(=O)C(CC(=O)O)NC(=O)C(N)CS)C(=O)O. The normalized spacial score (nSPS) is 15.2. The minimum Gasteiger partial charge on any atom is -0.481 e. The highest BCUT2D eigenvalue weighted by atomic mass is 32.1. The van der Waals surface area contributed by atoms with Crippen molar-refractivity contribution in [2.24, 2.45) is 22.2 Å². The van der Waals surface area contributed by atoms with Gasteiger partial charge in [0.05, 0.1) is 18.6 Å². The molecular weight excluding hydrogens is 462 g/mol. The quantitative estimate of drug-likeness (QED) is 0.0451. The van der Waals surface area contributed by atoms with E-state index in [4.69, 9.17) is 27.4 Å². The summed E-state index contributed by atoms with van der Waals surface area (Å²) in [4.78, 5) is 63.4. The molecule has 0 aromatic heterocycles. The Morgan fingerprint density at radius 3 is 1.97 bits per heavy atom. The van der Waals surface area contributed by atoms with Crippen LogP contribution in [0.5, 0.6) is 0 Å². The molecule has 0 bridgehead atoms. The van der Waals surface area contributed by atoms with Gasteiger partial charge in [0.2, 0.25) is 17.7 Å². The molecule has 0 saturated heterocycles. The van der Waals surface area contributed by atoms with Crippen molar-refractivity contribution in [2.45, 2.75) is 56.5 Å². The number of aliphatic hydroxyl groups excluding tert-OH is 1. The molecule has 0 aliphatic heterocycles. The molecule has 0 aromatic rings. The molecule has 5 unspecified atom stereocenters. The lowest BCUT2D eigenvalue weighted by Gasteiger charge is -2.25. The Hall–Kier alpha value is -3.11. The number of aliphatic hydroxyl groups is 1. The number of carbonyl (C=O) groups is 5. The third-order valence-electron chi connectivity index (χ3n) is 4.17. The van der Waals surface area contributed by atoms with Gasteiger partial charge in [-0.1, -0.05) is 0 Å². The number of thiol groups is 1. The van der Waals surface area contributed by atoms with Gasteiger partial charge in [0.15, 0.2) is 12.0 Å². The number of guanidine groups is 1. The number of carbonyl (C=O) groups excluding carboxylic acids is 3. The Morgan fingerprint density at radius 2 is 1.52 bits per heavy atom. The molecule has 0 aromatic carbocycles. The lowest BCUT2D eigenvalue weighted by molar-refractivity contribution is -0.145. The fourth-order valence-corrected chi connectivity index (χ4v) is 2.60. The summed E-state index contributed by atoms with van der Waals surface area (Å²) in [6.07, 6.45) is -2.18. The molecule has 0 radical (unpaired) electrons. The Balaban J connectivity index is 5.59. The minimum absolute atomic E-state index is 0.0704. The first-order valence-corrected chi connectivity index (χ1v) is 10.4. The van der Waals surface area contributed by atoms with E-state index in [1.54, 1.807) is 0 Å².